The van der Waals surface area contributed by atoms with Gasteiger partial charge in [0.2, 0.25) is 0 Å². The fraction of sp³-hybridized carbons (Fsp3) is 0.273. The molecular formula is C11H13N5O. The first-order valence-electron chi connectivity index (χ1n) is 5.44. The average molecular weight is 231 g/mol. The van der Waals surface area contributed by atoms with Gasteiger partial charge in [0, 0.05) is 5.69 Å². The molecular weight excluding hydrogens is 218 g/mol. The van der Waals surface area contributed by atoms with Crippen molar-refractivity contribution in [3.63, 3.8) is 0 Å². The molecule has 0 atom stereocenters. The van der Waals surface area contributed by atoms with Gasteiger partial charge in [0.25, 0.3) is 11.7 Å². The van der Waals surface area contributed by atoms with Crippen LogP contribution in [0.5, 0.6) is 0 Å². The van der Waals surface area contributed by atoms with Gasteiger partial charge >= 0.3 is 0 Å². The first-order chi connectivity index (χ1) is 8.31. The van der Waals surface area contributed by atoms with Crippen molar-refractivity contribution in [1.29, 1.82) is 0 Å². The lowest BCUT2D eigenvalue weighted by atomic mass is 10.1. The highest BCUT2D eigenvalue weighted by atomic mass is 16.2. The lowest BCUT2D eigenvalue weighted by Gasteiger charge is -2.08. The second kappa shape index (κ2) is 5.20. The number of rotatable bonds is 4. The van der Waals surface area contributed by atoms with Gasteiger partial charge in [-0.2, -0.15) is 5.21 Å². The maximum atomic E-state index is 11.7. The Morgan fingerprint density at radius 1 is 1.41 bits per heavy atom. The molecule has 0 aliphatic carbocycles. The summed E-state index contributed by atoms with van der Waals surface area (Å²) in [6.45, 7) is 2.10. The number of benzene rings is 1. The Morgan fingerprint density at radius 3 is 2.94 bits per heavy atom. The van der Waals surface area contributed by atoms with Crippen LogP contribution >= 0.6 is 0 Å². The molecule has 0 fully saturated rings. The molecule has 1 heterocycles. The minimum Gasteiger partial charge on any atom is -0.319 e. The van der Waals surface area contributed by atoms with Crippen LogP contribution in [0, 0.1) is 0 Å². The van der Waals surface area contributed by atoms with Crippen LogP contribution in [0.25, 0.3) is 0 Å². The fourth-order valence-electron chi connectivity index (χ4n) is 1.57. The SMILES string of the molecule is CCCc1ccccc1NC(=O)c1nn[nH]n1. The summed E-state index contributed by atoms with van der Waals surface area (Å²) < 4.78 is 0. The Balaban J connectivity index is 2.15. The lowest BCUT2D eigenvalue weighted by Crippen LogP contribution is -2.15. The Labute approximate surface area is 98.4 Å². The number of carbonyl (C=O) groups excluding carboxylic acids is 1. The standard InChI is InChI=1S/C11H13N5O/c1-2-5-8-6-3-4-7-9(8)12-11(17)10-13-15-16-14-10/h3-4,6-7H,2,5H2,1H3,(H,12,17)(H,13,14,15,16). The summed E-state index contributed by atoms with van der Waals surface area (Å²) in [5, 5.41) is 15.6. The second-order valence-electron chi connectivity index (χ2n) is 3.60. The highest BCUT2D eigenvalue weighted by Crippen LogP contribution is 2.17. The van der Waals surface area contributed by atoms with Crippen molar-refractivity contribution in [3.8, 4) is 0 Å². The molecule has 0 aliphatic heterocycles. The van der Waals surface area contributed by atoms with E-state index in [0.717, 1.165) is 24.1 Å². The van der Waals surface area contributed by atoms with Gasteiger partial charge in [-0.3, -0.25) is 4.79 Å². The first kappa shape index (κ1) is 11.3. The fourth-order valence-corrected chi connectivity index (χ4v) is 1.57. The van der Waals surface area contributed by atoms with Crippen LogP contribution in [0.4, 0.5) is 5.69 Å². The van der Waals surface area contributed by atoms with Gasteiger partial charge in [-0.25, -0.2) is 0 Å². The molecule has 0 saturated heterocycles. The highest BCUT2D eigenvalue weighted by Gasteiger charge is 2.12. The molecule has 0 bridgehead atoms. The Morgan fingerprint density at radius 2 is 2.24 bits per heavy atom. The van der Waals surface area contributed by atoms with E-state index < -0.39 is 0 Å². The summed E-state index contributed by atoms with van der Waals surface area (Å²) in [5.41, 5.74) is 1.90. The van der Waals surface area contributed by atoms with Crippen LogP contribution in [-0.2, 0) is 6.42 Å². The molecule has 0 aliphatic rings. The van der Waals surface area contributed by atoms with E-state index in [9.17, 15) is 4.79 Å². The van der Waals surface area contributed by atoms with Crippen LogP contribution in [0.15, 0.2) is 24.3 Å². The first-order valence-corrected chi connectivity index (χ1v) is 5.44. The van der Waals surface area contributed by atoms with Gasteiger partial charge in [0.1, 0.15) is 0 Å². The topological polar surface area (TPSA) is 83.6 Å². The molecule has 6 heteroatoms. The van der Waals surface area contributed by atoms with Crippen molar-refractivity contribution in [1.82, 2.24) is 20.6 Å². The van der Waals surface area contributed by atoms with E-state index in [1.165, 1.54) is 0 Å². The Kier molecular flexibility index (Phi) is 3.44. The van der Waals surface area contributed by atoms with E-state index in [-0.39, 0.29) is 11.7 Å². The molecule has 0 spiro atoms. The van der Waals surface area contributed by atoms with E-state index in [2.05, 4.69) is 32.9 Å². The van der Waals surface area contributed by atoms with Gasteiger partial charge in [-0.1, -0.05) is 31.5 Å². The number of anilines is 1. The van der Waals surface area contributed by atoms with E-state index in [1.807, 2.05) is 24.3 Å². The lowest BCUT2D eigenvalue weighted by molar-refractivity contribution is 0.101. The summed E-state index contributed by atoms with van der Waals surface area (Å²) in [4.78, 5) is 11.7. The maximum Gasteiger partial charge on any atom is 0.297 e. The number of amides is 1. The normalized spacial score (nSPS) is 10.2. The number of H-pyrrole nitrogens is 1. The third kappa shape index (κ3) is 2.66. The number of nitrogens with one attached hydrogen (secondary N) is 2. The van der Waals surface area contributed by atoms with Crippen LogP contribution in [-0.4, -0.2) is 26.5 Å². The van der Waals surface area contributed by atoms with Crippen molar-refractivity contribution in [2.75, 3.05) is 5.32 Å². The minimum atomic E-state index is -0.359. The number of tetrazole rings is 1. The number of aromatic amines is 1. The molecule has 2 aromatic rings. The number of hydrogen-bond donors (Lipinski definition) is 2. The molecule has 0 saturated carbocycles. The van der Waals surface area contributed by atoms with Crippen molar-refractivity contribution in [2.45, 2.75) is 19.8 Å². The van der Waals surface area contributed by atoms with Gasteiger partial charge in [0.15, 0.2) is 0 Å². The number of aromatic nitrogens is 4. The molecule has 88 valence electrons. The minimum absolute atomic E-state index is 0.0382. The van der Waals surface area contributed by atoms with Crippen molar-refractivity contribution < 1.29 is 4.79 Å². The van der Waals surface area contributed by atoms with Gasteiger partial charge < -0.3 is 5.32 Å². The summed E-state index contributed by atoms with van der Waals surface area (Å²) >= 11 is 0. The summed E-state index contributed by atoms with van der Waals surface area (Å²) in [6.07, 6.45) is 1.94. The van der Waals surface area contributed by atoms with Crippen molar-refractivity contribution >= 4 is 11.6 Å². The predicted molar refractivity (Wildman–Crippen MR) is 62.6 cm³/mol. The summed E-state index contributed by atoms with van der Waals surface area (Å²) in [5.74, 6) is -0.321. The largest absolute Gasteiger partial charge is 0.319 e. The zero-order chi connectivity index (χ0) is 12.1. The molecule has 1 amide bonds. The van der Waals surface area contributed by atoms with E-state index in [0.29, 0.717) is 0 Å². The molecule has 0 unspecified atom stereocenters. The van der Waals surface area contributed by atoms with Crippen LogP contribution < -0.4 is 5.32 Å². The molecule has 2 rings (SSSR count). The number of carbonyl (C=O) groups is 1. The molecule has 6 nitrogen and oxygen atoms in total. The molecule has 17 heavy (non-hydrogen) atoms. The molecule has 1 aromatic heterocycles. The van der Waals surface area contributed by atoms with Gasteiger partial charge in [-0.05, 0) is 23.3 Å². The zero-order valence-electron chi connectivity index (χ0n) is 9.47. The summed E-state index contributed by atoms with van der Waals surface area (Å²) in [6, 6.07) is 7.69. The number of para-hydroxylation sites is 1. The molecule has 2 N–H and O–H groups in total. The third-order valence-electron chi connectivity index (χ3n) is 2.33. The predicted octanol–water partition coefficient (Wildman–Crippen LogP) is 1.40. The van der Waals surface area contributed by atoms with Crippen molar-refractivity contribution in [2.24, 2.45) is 0 Å². The smallest absolute Gasteiger partial charge is 0.297 e. The van der Waals surface area contributed by atoms with Crippen molar-refractivity contribution in [3.05, 3.63) is 35.7 Å². The summed E-state index contributed by atoms with van der Waals surface area (Å²) in [7, 11) is 0. The monoisotopic (exact) mass is 231 g/mol. The average Bonchev–Trinajstić information content (AvgIpc) is 2.85. The van der Waals surface area contributed by atoms with Crippen LogP contribution in [0.1, 0.15) is 29.5 Å². The molecule has 1 aromatic carbocycles. The third-order valence-corrected chi connectivity index (χ3v) is 2.33. The number of hydrogen-bond acceptors (Lipinski definition) is 4. The van der Waals surface area contributed by atoms with E-state index in [1.54, 1.807) is 0 Å². The van der Waals surface area contributed by atoms with Crippen LogP contribution in [0.2, 0.25) is 0 Å². The van der Waals surface area contributed by atoms with Crippen LogP contribution in [0.3, 0.4) is 0 Å². The Hall–Kier alpha value is -2.24. The maximum absolute atomic E-state index is 11.7. The van der Waals surface area contributed by atoms with Gasteiger partial charge in [-0.15, -0.1) is 10.2 Å². The second-order valence-corrected chi connectivity index (χ2v) is 3.60. The number of nitrogens with zero attached hydrogens (tertiary/aromatic N) is 3. The van der Waals surface area contributed by atoms with E-state index in [4.69, 9.17) is 0 Å². The zero-order valence-corrected chi connectivity index (χ0v) is 9.47. The van der Waals surface area contributed by atoms with E-state index >= 15 is 0 Å². The molecule has 0 radical (unpaired) electrons. The number of aryl methyl sites for hydroxylation is 1. The Bertz CT molecular complexity index is 494. The quantitative estimate of drug-likeness (QED) is 0.833. The van der Waals surface area contributed by atoms with Gasteiger partial charge in [0.05, 0.1) is 0 Å². The highest BCUT2D eigenvalue weighted by molar-refractivity contribution is 6.01.